The summed E-state index contributed by atoms with van der Waals surface area (Å²) >= 11 is 4.89. The molecule has 0 saturated heterocycles. The summed E-state index contributed by atoms with van der Waals surface area (Å²) in [6.07, 6.45) is 3.65. The predicted octanol–water partition coefficient (Wildman–Crippen LogP) is 5.28. The highest BCUT2D eigenvalue weighted by Gasteiger charge is 2.26. The van der Waals surface area contributed by atoms with Gasteiger partial charge < -0.3 is 13.9 Å². The van der Waals surface area contributed by atoms with Crippen molar-refractivity contribution >= 4 is 49.1 Å². The van der Waals surface area contributed by atoms with Gasteiger partial charge in [-0.25, -0.2) is 9.78 Å². The first-order valence-corrected chi connectivity index (χ1v) is 12.3. The lowest BCUT2D eigenvalue weighted by Gasteiger charge is -2.16. The SMILES string of the molecule is CCOC(=O)c1c(OCc2ccccc2)c(=O)n(Cc2cnc3c(Br)cccn23)c2ccsc12. The van der Waals surface area contributed by atoms with Gasteiger partial charge in [-0.2, -0.15) is 0 Å². The van der Waals surface area contributed by atoms with Crippen molar-refractivity contribution in [2.75, 3.05) is 6.61 Å². The second-order valence-corrected chi connectivity index (χ2v) is 9.29. The van der Waals surface area contributed by atoms with Crippen LogP contribution in [0.15, 0.2) is 75.6 Å². The van der Waals surface area contributed by atoms with Crippen molar-refractivity contribution in [3.05, 3.63) is 98.0 Å². The molecule has 0 unspecified atom stereocenters. The molecule has 0 amide bonds. The molecule has 4 aromatic heterocycles. The molecule has 9 heteroatoms. The number of imidazole rings is 1. The van der Waals surface area contributed by atoms with Crippen LogP contribution in [0.2, 0.25) is 0 Å². The van der Waals surface area contributed by atoms with Gasteiger partial charge in [0.15, 0.2) is 5.65 Å². The van der Waals surface area contributed by atoms with E-state index in [0.29, 0.717) is 10.2 Å². The summed E-state index contributed by atoms with van der Waals surface area (Å²) in [4.78, 5) is 31.2. The van der Waals surface area contributed by atoms with E-state index in [4.69, 9.17) is 9.47 Å². The molecule has 5 rings (SSSR count). The summed E-state index contributed by atoms with van der Waals surface area (Å²) < 4.78 is 16.4. The highest BCUT2D eigenvalue weighted by Crippen LogP contribution is 2.31. The van der Waals surface area contributed by atoms with Crippen LogP contribution >= 0.6 is 27.3 Å². The van der Waals surface area contributed by atoms with Gasteiger partial charge in [0.25, 0.3) is 5.56 Å². The molecule has 4 heterocycles. The van der Waals surface area contributed by atoms with Crippen molar-refractivity contribution < 1.29 is 14.3 Å². The lowest BCUT2D eigenvalue weighted by Crippen LogP contribution is -2.26. The van der Waals surface area contributed by atoms with E-state index in [1.165, 1.54) is 11.3 Å². The van der Waals surface area contributed by atoms with Crippen LogP contribution in [0.4, 0.5) is 0 Å². The summed E-state index contributed by atoms with van der Waals surface area (Å²) in [6, 6.07) is 15.2. The van der Waals surface area contributed by atoms with E-state index in [1.54, 1.807) is 17.7 Å². The fourth-order valence-electron chi connectivity index (χ4n) is 3.86. The number of hydrogen-bond acceptors (Lipinski definition) is 6. The van der Waals surface area contributed by atoms with Crippen LogP contribution in [-0.4, -0.2) is 26.5 Å². The van der Waals surface area contributed by atoms with Gasteiger partial charge in [0, 0.05) is 6.20 Å². The molecule has 34 heavy (non-hydrogen) atoms. The standard InChI is InChI=1S/C25H20BrN3O4S/c1-2-32-25(31)20-21(33-15-16-7-4-3-5-8-16)24(30)29(19-10-12-34-22(19)20)14-17-13-27-23-18(26)9-6-11-28(17)23/h3-13H,2,14-15H2,1H3. The highest BCUT2D eigenvalue weighted by molar-refractivity contribution is 9.10. The average Bonchev–Trinajstić information content (AvgIpc) is 3.48. The topological polar surface area (TPSA) is 74.8 Å². The number of pyridine rings is 2. The molecule has 0 aliphatic carbocycles. The van der Waals surface area contributed by atoms with Crippen molar-refractivity contribution in [2.45, 2.75) is 20.1 Å². The molecule has 0 radical (unpaired) electrons. The number of carbonyl (C=O) groups excluding carboxylic acids is 1. The molecule has 0 aliphatic heterocycles. The van der Waals surface area contributed by atoms with E-state index in [-0.39, 0.29) is 31.1 Å². The number of carbonyl (C=O) groups is 1. The number of thiophene rings is 1. The van der Waals surface area contributed by atoms with Gasteiger partial charge in [0.2, 0.25) is 5.75 Å². The first-order chi connectivity index (χ1) is 16.6. The van der Waals surface area contributed by atoms with Gasteiger partial charge in [-0.3, -0.25) is 9.36 Å². The van der Waals surface area contributed by atoms with Crippen molar-refractivity contribution in [3.63, 3.8) is 0 Å². The van der Waals surface area contributed by atoms with Crippen molar-refractivity contribution in [2.24, 2.45) is 0 Å². The third kappa shape index (κ3) is 4.01. The summed E-state index contributed by atoms with van der Waals surface area (Å²) in [6.45, 7) is 2.35. The molecule has 0 spiro atoms. The van der Waals surface area contributed by atoms with Crippen LogP contribution in [0.25, 0.3) is 15.9 Å². The molecule has 0 bridgehead atoms. The normalized spacial score (nSPS) is 11.2. The number of halogens is 1. The number of nitrogens with zero attached hydrogens (tertiary/aromatic N) is 3. The van der Waals surface area contributed by atoms with E-state index in [2.05, 4.69) is 20.9 Å². The molecule has 1 aromatic carbocycles. The smallest absolute Gasteiger partial charge is 0.343 e. The zero-order valence-corrected chi connectivity index (χ0v) is 20.6. The monoisotopic (exact) mass is 537 g/mol. The minimum Gasteiger partial charge on any atom is -0.482 e. The molecule has 172 valence electrons. The maximum Gasteiger partial charge on any atom is 0.343 e. The molecular weight excluding hydrogens is 518 g/mol. The summed E-state index contributed by atoms with van der Waals surface area (Å²) in [7, 11) is 0. The van der Waals surface area contributed by atoms with Crippen LogP contribution in [0, 0.1) is 0 Å². The lowest BCUT2D eigenvalue weighted by molar-refractivity contribution is 0.0523. The second kappa shape index (κ2) is 9.44. The van der Waals surface area contributed by atoms with E-state index >= 15 is 0 Å². The number of rotatable bonds is 7. The Kier molecular flexibility index (Phi) is 6.21. The second-order valence-electron chi connectivity index (χ2n) is 7.52. The largest absolute Gasteiger partial charge is 0.482 e. The van der Waals surface area contributed by atoms with Gasteiger partial charge in [-0.05, 0) is 52.0 Å². The molecule has 0 saturated carbocycles. The third-order valence-electron chi connectivity index (χ3n) is 5.42. The number of ether oxygens (including phenoxy) is 2. The maximum absolute atomic E-state index is 13.8. The third-order valence-corrected chi connectivity index (χ3v) is 6.96. The van der Waals surface area contributed by atoms with Crippen LogP contribution in [0.5, 0.6) is 5.75 Å². The number of benzene rings is 1. The Morgan fingerprint density at radius 1 is 1.15 bits per heavy atom. The van der Waals surface area contributed by atoms with Crippen molar-refractivity contribution in [1.29, 1.82) is 0 Å². The van der Waals surface area contributed by atoms with Crippen LogP contribution < -0.4 is 10.3 Å². The van der Waals surface area contributed by atoms with Gasteiger partial charge >= 0.3 is 5.97 Å². The molecule has 0 fully saturated rings. The Bertz CT molecular complexity index is 1560. The lowest BCUT2D eigenvalue weighted by atomic mass is 10.2. The van der Waals surface area contributed by atoms with E-state index < -0.39 is 11.5 Å². The van der Waals surface area contributed by atoms with Gasteiger partial charge in [0.05, 0.1) is 39.7 Å². The van der Waals surface area contributed by atoms with Gasteiger partial charge in [-0.1, -0.05) is 30.3 Å². The zero-order chi connectivity index (χ0) is 23.7. The zero-order valence-electron chi connectivity index (χ0n) is 18.2. The number of fused-ring (bicyclic) bond motifs is 2. The Morgan fingerprint density at radius 3 is 2.76 bits per heavy atom. The van der Waals surface area contributed by atoms with E-state index in [9.17, 15) is 9.59 Å². The minimum absolute atomic E-state index is 0.00717. The first kappa shape index (κ1) is 22.4. The molecule has 0 aliphatic rings. The Morgan fingerprint density at radius 2 is 1.97 bits per heavy atom. The predicted molar refractivity (Wildman–Crippen MR) is 135 cm³/mol. The number of hydrogen-bond donors (Lipinski definition) is 0. The van der Waals surface area contributed by atoms with Crippen molar-refractivity contribution in [1.82, 2.24) is 14.0 Å². The molecule has 7 nitrogen and oxygen atoms in total. The van der Waals surface area contributed by atoms with Crippen LogP contribution in [0.3, 0.4) is 0 Å². The first-order valence-electron chi connectivity index (χ1n) is 10.7. The van der Waals surface area contributed by atoms with Crippen molar-refractivity contribution in [3.8, 4) is 5.75 Å². The average molecular weight is 538 g/mol. The van der Waals surface area contributed by atoms with Gasteiger partial charge in [0.1, 0.15) is 12.2 Å². The summed E-state index contributed by atoms with van der Waals surface area (Å²) in [5.41, 5.74) is 2.90. The molecular formula is C25H20BrN3O4S. The number of esters is 1. The Balaban J connectivity index is 1.66. The molecule has 0 atom stereocenters. The fraction of sp³-hybridized carbons (Fsp3) is 0.160. The highest BCUT2D eigenvalue weighted by atomic mass is 79.9. The van der Waals surface area contributed by atoms with E-state index in [1.807, 2.05) is 64.5 Å². The fourth-order valence-corrected chi connectivity index (χ4v) is 5.23. The Hall–Kier alpha value is -3.43. The van der Waals surface area contributed by atoms with Crippen LogP contribution in [-0.2, 0) is 17.9 Å². The minimum atomic E-state index is -0.569. The van der Waals surface area contributed by atoms with Gasteiger partial charge in [-0.15, -0.1) is 11.3 Å². The molecule has 5 aromatic rings. The quantitative estimate of drug-likeness (QED) is 0.264. The summed E-state index contributed by atoms with van der Waals surface area (Å²) in [5.74, 6) is -0.576. The Labute approximate surface area is 207 Å². The van der Waals surface area contributed by atoms with Crippen LogP contribution in [0.1, 0.15) is 28.5 Å². The maximum atomic E-state index is 13.8. The molecule has 0 N–H and O–H groups in total. The summed E-state index contributed by atoms with van der Waals surface area (Å²) in [5, 5.41) is 1.86. The number of aromatic nitrogens is 3. The van der Waals surface area contributed by atoms with E-state index in [0.717, 1.165) is 21.4 Å².